The minimum atomic E-state index is -0.301. The number of nitrogens with zero attached hydrogens (tertiary/aromatic N) is 1. The lowest BCUT2D eigenvalue weighted by atomic mass is 9.85. The summed E-state index contributed by atoms with van der Waals surface area (Å²) in [4.78, 5) is 14.1. The Morgan fingerprint density at radius 3 is 2.55 bits per heavy atom. The number of hydrogen-bond acceptors (Lipinski definition) is 2. The third-order valence-corrected chi connectivity index (χ3v) is 4.56. The van der Waals surface area contributed by atoms with E-state index in [1.54, 1.807) is 6.92 Å². The highest BCUT2D eigenvalue weighted by Crippen LogP contribution is 2.34. The highest BCUT2D eigenvalue weighted by atomic mass is 19.1. The zero-order chi connectivity index (χ0) is 15.0. The first kappa shape index (κ1) is 15.0. The van der Waals surface area contributed by atoms with Crippen molar-refractivity contribution in [3.8, 4) is 0 Å². The first-order valence-corrected chi connectivity index (χ1v) is 7.39. The minimum absolute atomic E-state index is 0.0722. The third-order valence-electron chi connectivity index (χ3n) is 4.56. The largest absolute Gasteiger partial charge is 0.368 e. The molecule has 0 bridgehead atoms. The highest BCUT2D eigenvalue weighted by Gasteiger charge is 2.31. The Morgan fingerprint density at radius 2 is 1.95 bits per heavy atom. The zero-order valence-corrected chi connectivity index (χ0v) is 13.0. The summed E-state index contributed by atoms with van der Waals surface area (Å²) in [5.41, 5.74) is 1.99. The van der Waals surface area contributed by atoms with Crippen LogP contribution in [0.1, 0.15) is 50.0 Å². The second-order valence-corrected chi connectivity index (χ2v) is 6.39. The number of Topliss-reactive ketones (excluding diaryl/α,β-unsaturated/α-hetero) is 1. The van der Waals surface area contributed by atoms with E-state index in [1.165, 1.54) is 19.4 Å². The second-order valence-electron chi connectivity index (χ2n) is 6.39. The number of halogens is 1. The first-order chi connectivity index (χ1) is 9.31. The molecule has 1 saturated heterocycles. The van der Waals surface area contributed by atoms with Crippen molar-refractivity contribution < 1.29 is 9.18 Å². The maximum Gasteiger partial charge on any atom is 0.161 e. The second kappa shape index (κ2) is 5.55. The average molecular weight is 277 g/mol. The van der Waals surface area contributed by atoms with Crippen molar-refractivity contribution in [1.29, 1.82) is 0 Å². The van der Waals surface area contributed by atoms with E-state index in [0.717, 1.165) is 12.2 Å². The Labute approximate surface area is 121 Å². The Bertz CT molecular complexity index is 526. The molecule has 0 saturated carbocycles. The van der Waals surface area contributed by atoms with Crippen LogP contribution in [-0.4, -0.2) is 18.4 Å². The van der Waals surface area contributed by atoms with E-state index >= 15 is 0 Å². The van der Waals surface area contributed by atoms with Gasteiger partial charge in [0.05, 0.1) is 0 Å². The molecule has 1 aromatic carbocycles. The van der Waals surface area contributed by atoms with Gasteiger partial charge in [-0.15, -0.1) is 0 Å². The standard InChI is InChI=1S/C17H24FNO/c1-10-6-11(2)13(4)19(9-10)17-7-12(3)16(18)8-15(17)14(5)20/h7-8,10-11,13H,6,9H2,1-5H3. The highest BCUT2D eigenvalue weighted by molar-refractivity contribution is 6.00. The van der Waals surface area contributed by atoms with Crippen molar-refractivity contribution >= 4 is 11.5 Å². The number of carbonyl (C=O) groups excluding carboxylic acids is 1. The topological polar surface area (TPSA) is 20.3 Å². The molecule has 20 heavy (non-hydrogen) atoms. The summed E-state index contributed by atoms with van der Waals surface area (Å²) in [5, 5.41) is 0. The number of piperidine rings is 1. The summed E-state index contributed by atoms with van der Waals surface area (Å²) in [6.07, 6.45) is 1.20. The molecule has 0 aliphatic carbocycles. The molecule has 3 heteroatoms. The number of hydrogen-bond donors (Lipinski definition) is 0. The van der Waals surface area contributed by atoms with Crippen LogP contribution in [0.5, 0.6) is 0 Å². The van der Waals surface area contributed by atoms with Gasteiger partial charge >= 0.3 is 0 Å². The minimum Gasteiger partial charge on any atom is -0.368 e. The van der Waals surface area contributed by atoms with Crippen molar-refractivity contribution in [2.24, 2.45) is 11.8 Å². The van der Waals surface area contributed by atoms with Crippen molar-refractivity contribution in [1.82, 2.24) is 0 Å². The monoisotopic (exact) mass is 277 g/mol. The van der Waals surface area contributed by atoms with Crippen molar-refractivity contribution in [2.75, 3.05) is 11.4 Å². The number of aryl methyl sites for hydroxylation is 1. The molecular formula is C17H24FNO. The summed E-state index contributed by atoms with van der Waals surface area (Å²) in [5.74, 6) is 0.789. The van der Waals surface area contributed by atoms with Gasteiger partial charge in [-0.05, 0) is 56.7 Å². The van der Waals surface area contributed by atoms with Gasteiger partial charge in [0.25, 0.3) is 0 Å². The van der Waals surface area contributed by atoms with E-state index in [1.807, 2.05) is 6.07 Å². The maximum atomic E-state index is 13.8. The van der Waals surface area contributed by atoms with Crippen LogP contribution in [0.3, 0.4) is 0 Å². The molecule has 1 heterocycles. The van der Waals surface area contributed by atoms with Crippen molar-refractivity contribution in [3.05, 3.63) is 29.1 Å². The van der Waals surface area contributed by atoms with Crippen molar-refractivity contribution in [2.45, 2.75) is 47.1 Å². The molecule has 1 aliphatic heterocycles. The lowest BCUT2D eigenvalue weighted by Gasteiger charge is -2.43. The Hall–Kier alpha value is -1.38. The van der Waals surface area contributed by atoms with Crippen LogP contribution in [-0.2, 0) is 0 Å². The van der Waals surface area contributed by atoms with E-state index in [4.69, 9.17) is 0 Å². The van der Waals surface area contributed by atoms with E-state index in [2.05, 4.69) is 25.7 Å². The van der Waals surface area contributed by atoms with Crippen LogP contribution in [0.15, 0.2) is 12.1 Å². The average Bonchev–Trinajstić information content (AvgIpc) is 2.36. The quantitative estimate of drug-likeness (QED) is 0.755. The first-order valence-electron chi connectivity index (χ1n) is 7.39. The van der Waals surface area contributed by atoms with E-state index in [9.17, 15) is 9.18 Å². The molecule has 3 unspecified atom stereocenters. The fourth-order valence-corrected chi connectivity index (χ4v) is 3.22. The number of ketones is 1. The summed E-state index contributed by atoms with van der Waals surface area (Å²) in [6, 6.07) is 3.59. The number of benzene rings is 1. The molecule has 3 atom stereocenters. The fraction of sp³-hybridized carbons (Fsp3) is 0.588. The van der Waals surface area contributed by atoms with E-state index in [-0.39, 0.29) is 11.6 Å². The normalized spacial score (nSPS) is 26.7. The molecule has 0 amide bonds. The Balaban J connectivity index is 2.50. The third kappa shape index (κ3) is 2.72. The predicted octanol–water partition coefficient (Wildman–Crippen LogP) is 4.21. The van der Waals surface area contributed by atoms with Gasteiger partial charge < -0.3 is 4.90 Å². The Kier molecular flexibility index (Phi) is 4.17. The maximum absolute atomic E-state index is 13.8. The van der Waals surface area contributed by atoms with Gasteiger partial charge in [0.15, 0.2) is 5.78 Å². The zero-order valence-electron chi connectivity index (χ0n) is 13.0. The summed E-state index contributed by atoms with van der Waals surface area (Å²) in [6.45, 7) is 10.9. The molecule has 2 nitrogen and oxygen atoms in total. The van der Waals surface area contributed by atoms with Gasteiger partial charge in [-0.2, -0.15) is 0 Å². The number of anilines is 1. The van der Waals surface area contributed by atoms with Gasteiger partial charge in [0.1, 0.15) is 5.82 Å². The van der Waals surface area contributed by atoms with Crippen LogP contribution in [0, 0.1) is 24.6 Å². The SMILES string of the molecule is CC(=O)c1cc(F)c(C)cc1N1CC(C)CC(C)C1C. The molecule has 0 aromatic heterocycles. The van der Waals surface area contributed by atoms with Gasteiger partial charge in [0, 0.05) is 23.8 Å². The summed E-state index contributed by atoms with van der Waals surface area (Å²) in [7, 11) is 0. The summed E-state index contributed by atoms with van der Waals surface area (Å²) >= 11 is 0. The van der Waals surface area contributed by atoms with E-state index in [0.29, 0.717) is 29.0 Å². The lowest BCUT2D eigenvalue weighted by Crippen LogP contribution is -2.46. The van der Waals surface area contributed by atoms with Crippen LogP contribution in [0.2, 0.25) is 0 Å². The molecule has 1 aliphatic rings. The molecule has 0 radical (unpaired) electrons. The number of carbonyl (C=O) groups is 1. The van der Waals surface area contributed by atoms with E-state index < -0.39 is 0 Å². The molecule has 110 valence electrons. The molecule has 1 fully saturated rings. The van der Waals surface area contributed by atoms with Crippen molar-refractivity contribution in [3.63, 3.8) is 0 Å². The van der Waals surface area contributed by atoms with Gasteiger partial charge in [-0.1, -0.05) is 13.8 Å². The molecular weight excluding hydrogens is 253 g/mol. The predicted molar refractivity (Wildman–Crippen MR) is 80.9 cm³/mol. The molecule has 0 spiro atoms. The fourth-order valence-electron chi connectivity index (χ4n) is 3.22. The van der Waals surface area contributed by atoms with Gasteiger partial charge in [-0.25, -0.2) is 4.39 Å². The van der Waals surface area contributed by atoms with Gasteiger partial charge in [-0.3, -0.25) is 4.79 Å². The lowest BCUT2D eigenvalue weighted by molar-refractivity contribution is 0.101. The Morgan fingerprint density at radius 1 is 1.30 bits per heavy atom. The summed E-state index contributed by atoms with van der Waals surface area (Å²) < 4.78 is 13.8. The smallest absolute Gasteiger partial charge is 0.161 e. The number of rotatable bonds is 2. The van der Waals surface area contributed by atoms with Crippen LogP contribution >= 0.6 is 0 Å². The van der Waals surface area contributed by atoms with Crippen LogP contribution in [0.4, 0.5) is 10.1 Å². The molecule has 1 aromatic rings. The molecule has 0 N–H and O–H groups in total. The van der Waals surface area contributed by atoms with Crippen LogP contribution < -0.4 is 4.90 Å². The van der Waals surface area contributed by atoms with Gasteiger partial charge in [0.2, 0.25) is 0 Å². The van der Waals surface area contributed by atoms with Crippen LogP contribution in [0.25, 0.3) is 0 Å². The molecule has 2 rings (SSSR count).